The second-order valence-electron chi connectivity index (χ2n) is 6.97. The highest BCUT2D eigenvalue weighted by Gasteiger charge is 2.50. The van der Waals surface area contributed by atoms with Crippen LogP contribution in [-0.2, 0) is 20.7 Å². The molecular formula is C19H24N2O6S2. The summed E-state index contributed by atoms with van der Waals surface area (Å²) in [6, 6.07) is 8.68. The monoisotopic (exact) mass is 440 g/mol. The smallest absolute Gasteiger partial charge is 0.480 e. The third-order valence-electron chi connectivity index (χ3n) is 4.98. The Kier molecular flexibility index (Phi) is 7.31. The standard InChI is InChI=1S/C19H24N2O6S2/c22-15(11-20-14(17(23)24)7-6-13-4-2-1-3-5-13)21-12-19(28-8-9-29-19)10-16(21)27-18(25)26/h1-5,14,16,20H,6-12H2,(H,23,24)(H,25,26)/t14?,16-/m0/s1. The Bertz CT molecular complexity index is 741. The number of rotatable bonds is 8. The summed E-state index contributed by atoms with van der Waals surface area (Å²) in [5, 5.41) is 21.3. The molecule has 1 spiro atoms. The van der Waals surface area contributed by atoms with Crippen LogP contribution in [0.3, 0.4) is 0 Å². The number of carboxylic acids is 1. The number of carbonyl (C=O) groups is 3. The van der Waals surface area contributed by atoms with Crippen LogP contribution in [0.25, 0.3) is 0 Å². The SMILES string of the molecule is O=C(O)O[C@H]1CC2(CN1C(=O)CNC(CCc1ccccc1)C(=O)O)SCCS2. The molecule has 0 radical (unpaired) electrons. The first-order valence-electron chi connectivity index (χ1n) is 9.36. The number of benzene rings is 1. The van der Waals surface area contributed by atoms with E-state index in [9.17, 15) is 19.5 Å². The molecule has 0 bridgehead atoms. The Labute approximate surface area is 177 Å². The van der Waals surface area contributed by atoms with Crippen LogP contribution < -0.4 is 5.32 Å². The molecule has 158 valence electrons. The lowest BCUT2D eigenvalue weighted by Crippen LogP contribution is -2.47. The summed E-state index contributed by atoms with van der Waals surface area (Å²) in [6.07, 6.45) is -0.901. The van der Waals surface area contributed by atoms with Gasteiger partial charge in [-0.2, -0.15) is 0 Å². The number of amides is 1. The zero-order chi connectivity index (χ0) is 20.9. The molecule has 0 aromatic heterocycles. The lowest BCUT2D eigenvalue weighted by molar-refractivity contribution is -0.140. The molecule has 1 aromatic rings. The maximum absolute atomic E-state index is 12.8. The summed E-state index contributed by atoms with van der Waals surface area (Å²) in [4.78, 5) is 36.8. The van der Waals surface area contributed by atoms with Gasteiger partial charge < -0.3 is 19.8 Å². The molecule has 29 heavy (non-hydrogen) atoms. The van der Waals surface area contributed by atoms with Crippen LogP contribution >= 0.6 is 23.5 Å². The van der Waals surface area contributed by atoms with Crippen LogP contribution in [-0.4, -0.2) is 74.1 Å². The first kappa shape index (κ1) is 21.8. The highest BCUT2D eigenvalue weighted by atomic mass is 32.2. The third kappa shape index (κ3) is 5.80. The zero-order valence-corrected chi connectivity index (χ0v) is 17.4. The van der Waals surface area contributed by atoms with Crippen molar-refractivity contribution in [2.45, 2.75) is 35.6 Å². The fourth-order valence-electron chi connectivity index (χ4n) is 3.56. The molecule has 1 aromatic carbocycles. The van der Waals surface area contributed by atoms with Crippen molar-refractivity contribution >= 4 is 41.6 Å². The molecule has 3 N–H and O–H groups in total. The van der Waals surface area contributed by atoms with Gasteiger partial charge in [0, 0.05) is 24.5 Å². The van der Waals surface area contributed by atoms with Crippen molar-refractivity contribution in [3.05, 3.63) is 35.9 Å². The van der Waals surface area contributed by atoms with E-state index in [-0.39, 0.29) is 16.5 Å². The van der Waals surface area contributed by atoms with E-state index < -0.39 is 24.4 Å². The number of hydrogen-bond acceptors (Lipinski definition) is 7. The van der Waals surface area contributed by atoms with E-state index in [4.69, 9.17) is 9.84 Å². The van der Waals surface area contributed by atoms with Crippen LogP contribution in [0.2, 0.25) is 0 Å². The average Bonchev–Trinajstić information content (AvgIpc) is 3.28. The van der Waals surface area contributed by atoms with Crippen molar-refractivity contribution in [1.29, 1.82) is 0 Å². The van der Waals surface area contributed by atoms with Crippen LogP contribution in [0.4, 0.5) is 4.79 Å². The number of carboxylic acid groups (broad SMARTS) is 2. The van der Waals surface area contributed by atoms with E-state index in [0.717, 1.165) is 17.1 Å². The number of nitrogens with zero attached hydrogens (tertiary/aromatic N) is 1. The molecular weight excluding hydrogens is 416 g/mol. The van der Waals surface area contributed by atoms with Crippen LogP contribution in [0.15, 0.2) is 30.3 Å². The molecule has 0 aliphatic carbocycles. The zero-order valence-electron chi connectivity index (χ0n) is 15.8. The van der Waals surface area contributed by atoms with Crippen molar-refractivity contribution in [2.75, 3.05) is 24.6 Å². The third-order valence-corrected chi connectivity index (χ3v) is 8.40. The molecule has 2 heterocycles. The number of ether oxygens (including phenoxy) is 1. The van der Waals surface area contributed by atoms with Crippen molar-refractivity contribution in [1.82, 2.24) is 10.2 Å². The van der Waals surface area contributed by atoms with Gasteiger partial charge in [-0.3, -0.25) is 14.9 Å². The van der Waals surface area contributed by atoms with Gasteiger partial charge in [0.2, 0.25) is 5.91 Å². The number of aliphatic carboxylic acids is 1. The molecule has 2 saturated heterocycles. The highest BCUT2D eigenvalue weighted by molar-refractivity contribution is 8.21. The van der Waals surface area contributed by atoms with Gasteiger partial charge in [0.1, 0.15) is 6.04 Å². The molecule has 0 saturated carbocycles. The minimum absolute atomic E-state index is 0.184. The maximum Gasteiger partial charge on any atom is 0.507 e. The number of hydrogen-bond donors (Lipinski definition) is 3. The van der Waals surface area contributed by atoms with Gasteiger partial charge in [-0.1, -0.05) is 30.3 Å². The average molecular weight is 441 g/mol. The summed E-state index contributed by atoms with van der Waals surface area (Å²) in [6.45, 7) is 0.208. The molecule has 2 fully saturated rings. The molecule has 10 heteroatoms. The van der Waals surface area contributed by atoms with Crippen LogP contribution in [0.1, 0.15) is 18.4 Å². The minimum Gasteiger partial charge on any atom is -0.480 e. The Balaban J connectivity index is 1.57. The number of nitrogens with one attached hydrogen (secondary N) is 1. The molecule has 2 aliphatic rings. The maximum atomic E-state index is 12.8. The topological polar surface area (TPSA) is 116 Å². The fourth-order valence-corrected chi connectivity index (χ4v) is 6.78. The number of carbonyl (C=O) groups excluding carboxylic acids is 1. The predicted octanol–water partition coefficient (Wildman–Crippen LogP) is 2.09. The summed E-state index contributed by atoms with van der Waals surface area (Å²) < 4.78 is 4.70. The molecule has 2 atom stereocenters. The van der Waals surface area contributed by atoms with E-state index in [1.165, 1.54) is 4.90 Å². The van der Waals surface area contributed by atoms with Crippen molar-refractivity contribution in [3.8, 4) is 0 Å². The Morgan fingerprint density at radius 1 is 1.21 bits per heavy atom. The van der Waals surface area contributed by atoms with E-state index >= 15 is 0 Å². The second-order valence-corrected chi connectivity index (χ2v) is 10.2. The second kappa shape index (κ2) is 9.73. The van der Waals surface area contributed by atoms with Gasteiger partial charge >= 0.3 is 12.1 Å². The van der Waals surface area contributed by atoms with Crippen LogP contribution in [0, 0.1) is 0 Å². The van der Waals surface area contributed by atoms with Gasteiger partial charge in [0.05, 0.1) is 10.6 Å². The number of thioether (sulfide) groups is 2. The molecule has 8 nitrogen and oxygen atoms in total. The van der Waals surface area contributed by atoms with Gasteiger partial charge in [-0.05, 0) is 18.4 Å². The summed E-state index contributed by atoms with van der Waals surface area (Å²) >= 11 is 3.44. The Morgan fingerprint density at radius 2 is 1.90 bits per heavy atom. The van der Waals surface area contributed by atoms with E-state index in [1.807, 2.05) is 30.3 Å². The van der Waals surface area contributed by atoms with Crippen molar-refractivity contribution in [3.63, 3.8) is 0 Å². The summed E-state index contributed by atoms with van der Waals surface area (Å²) in [7, 11) is 0. The lowest BCUT2D eigenvalue weighted by Gasteiger charge is -2.24. The Hall–Kier alpha value is -1.91. The molecule has 1 amide bonds. The minimum atomic E-state index is -1.42. The van der Waals surface area contributed by atoms with Gasteiger partial charge in [-0.15, -0.1) is 23.5 Å². The highest BCUT2D eigenvalue weighted by Crippen LogP contribution is 2.51. The van der Waals surface area contributed by atoms with E-state index in [2.05, 4.69) is 5.32 Å². The van der Waals surface area contributed by atoms with Gasteiger partial charge in [-0.25, -0.2) is 4.79 Å². The Morgan fingerprint density at radius 3 is 2.52 bits per heavy atom. The normalized spacial score (nSPS) is 21.2. The summed E-state index contributed by atoms with van der Waals surface area (Å²) in [5.41, 5.74) is 1.03. The van der Waals surface area contributed by atoms with E-state index in [1.54, 1.807) is 23.5 Å². The predicted molar refractivity (Wildman–Crippen MR) is 111 cm³/mol. The number of aryl methyl sites for hydroxylation is 1. The first-order chi connectivity index (χ1) is 13.9. The van der Waals surface area contributed by atoms with Crippen molar-refractivity contribution in [2.24, 2.45) is 0 Å². The van der Waals surface area contributed by atoms with Gasteiger partial charge in [0.25, 0.3) is 0 Å². The molecule has 3 rings (SSSR count). The van der Waals surface area contributed by atoms with E-state index in [0.29, 0.717) is 25.8 Å². The molecule has 1 unspecified atom stereocenters. The fraction of sp³-hybridized carbons (Fsp3) is 0.526. The summed E-state index contributed by atoms with van der Waals surface area (Å²) in [5.74, 6) is 0.524. The first-order valence-corrected chi connectivity index (χ1v) is 11.3. The largest absolute Gasteiger partial charge is 0.507 e. The number of likely N-dealkylation sites (tertiary alicyclic amines) is 1. The van der Waals surface area contributed by atoms with Crippen molar-refractivity contribution < 1.29 is 29.3 Å². The lowest BCUT2D eigenvalue weighted by atomic mass is 10.1. The molecule has 2 aliphatic heterocycles. The quantitative estimate of drug-likeness (QED) is 0.523. The van der Waals surface area contributed by atoms with Crippen LogP contribution in [0.5, 0.6) is 0 Å². The van der Waals surface area contributed by atoms with Gasteiger partial charge in [0.15, 0.2) is 6.23 Å².